The van der Waals surface area contributed by atoms with E-state index in [0.29, 0.717) is 6.04 Å². The number of nitrogens with one attached hydrogen (secondary N) is 1. The van der Waals surface area contributed by atoms with E-state index in [9.17, 15) is 0 Å². The second-order valence-corrected chi connectivity index (χ2v) is 6.31. The third-order valence-corrected chi connectivity index (χ3v) is 5.05. The molecule has 1 fully saturated rings. The van der Waals surface area contributed by atoms with Crippen LogP contribution in [0.4, 0.5) is 0 Å². The molecule has 1 aromatic heterocycles. The van der Waals surface area contributed by atoms with Gasteiger partial charge in [-0.25, -0.2) is 0 Å². The molecule has 2 nitrogen and oxygen atoms in total. The van der Waals surface area contributed by atoms with Gasteiger partial charge >= 0.3 is 0 Å². The average Bonchev–Trinajstić information content (AvgIpc) is 3.01. The molecule has 0 saturated heterocycles. The molecule has 1 aromatic carbocycles. The summed E-state index contributed by atoms with van der Waals surface area (Å²) in [6.07, 6.45) is 7.33. The molecule has 0 radical (unpaired) electrons. The van der Waals surface area contributed by atoms with Gasteiger partial charge in [-0.05, 0) is 42.9 Å². The van der Waals surface area contributed by atoms with E-state index in [1.165, 1.54) is 42.1 Å². The zero-order valence-electron chi connectivity index (χ0n) is 13.2. The highest BCUT2D eigenvalue weighted by molar-refractivity contribution is 5.82. The number of fused-ring (bicyclic) bond motifs is 1. The number of pyridine rings is 1. The first-order chi connectivity index (χ1) is 10.3. The predicted molar refractivity (Wildman–Crippen MR) is 89.3 cm³/mol. The van der Waals surface area contributed by atoms with Gasteiger partial charge in [-0.2, -0.15) is 0 Å². The van der Waals surface area contributed by atoms with E-state index in [-0.39, 0.29) is 0 Å². The van der Waals surface area contributed by atoms with Crippen LogP contribution in [-0.4, -0.2) is 11.5 Å². The maximum atomic E-state index is 4.65. The van der Waals surface area contributed by atoms with Crippen LogP contribution < -0.4 is 5.32 Å². The fraction of sp³-hybridized carbons (Fsp3) is 0.526. The van der Waals surface area contributed by atoms with Crippen molar-refractivity contribution >= 4 is 10.9 Å². The molecule has 0 spiro atoms. The summed E-state index contributed by atoms with van der Waals surface area (Å²) in [5.74, 6) is 1.67. The lowest BCUT2D eigenvalue weighted by atomic mass is 9.89. The lowest BCUT2D eigenvalue weighted by Crippen LogP contribution is -2.27. The Balaban J connectivity index is 1.96. The smallest absolute Gasteiger partial charge is 0.0749 e. The van der Waals surface area contributed by atoms with Gasteiger partial charge in [0.1, 0.15) is 0 Å². The van der Waals surface area contributed by atoms with Crippen LogP contribution in [0.2, 0.25) is 0 Å². The fourth-order valence-electron chi connectivity index (χ4n) is 3.92. The van der Waals surface area contributed by atoms with Crippen molar-refractivity contribution in [1.29, 1.82) is 0 Å². The molecule has 1 heterocycles. The molecule has 0 aliphatic heterocycles. The second kappa shape index (κ2) is 6.57. The van der Waals surface area contributed by atoms with Crippen molar-refractivity contribution in [3.63, 3.8) is 0 Å². The fourth-order valence-corrected chi connectivity index (χ4v) is 3.92. The number of aromatic nitrogens is 1. The van der Waals surface area contributed by atoms with E-state index in [0.717, 1.165) is 18.4 Å². The van der Waals surface area contributed by atoms with Crippen molar-refractivity contribution < 1.29 is 0 Å². The maximum absolute atomic E-state index is 4.65. The Morgan fingerprint density at radius 2 is 2.05 bits per heavy atom. The Hall–Kier alpha value is -1.41. The standard InChI is InChI=1S/C19H26N2/c1-3-14-10-11-16(13-14)19(20-4-2)17-9-5-7-15-8-6-12-21-18(15)17/h5-9,12,14,16,19-20H,3-4,10-11,13H2,1-2H3. The number of hydrogen-bond donors (Lipinski definition) is 1. The Morgan fingerprint density at radius 1 is 1.19 bits per heavy atom. The summed E-state index contributed by atoms with van der Waals surface area (Å²) < 4.78 is 0. The average molecular weight is 282 g/mol. The van der Waals surface area contributed by atoms with E-state index in [1.54, 1.807) is 0 Å². The van der Waals surface area contributed by atoms with Crippen molar-refractivity contribution in [2.75, 3.05) is 6.54 Å². The molecule has 21 heavy (non-hydrogen) atoms. The molecule has 3 atom stereocenters. The van der Waals surface area contributed by atoms with Crippen molar-refractivity contribution in [3.05, 3.63) is 42.1 Å². The summed E-state index contributed by atoms with van der Waals surface area (Å²) in [5.41, 5.74) is 2.56. The lowest BCUT2D eigenvalue weighted by molar-refractivity contribution is 0.361. The van der Waals surface area contributed by atoms with E-state index in [1.807, 2.05) is 12.3 Å². The summed E-state index contributed by atoms with van der Waals surface area (Å²) in [5, 5.41) is 4.99. The van der Waals surface area contributed by atoms with Crippen molar-refractivity contribution in [3.8, 4) is 0 Å². The Bertz CT molecular complexity index is 588. The summed E-state index contributed by atoms with van der Waals surface area (Å²) in [7, 11) is 0. The molecule has 2 heteroatoms. The van der Waals surface area contributed by atoms with Crippen LogP contribution in [0.3, 0.4) is 0 Å². The number of hydrogen-bond acceptors (Lipinski definition) is 2. The molecule has 3 rings (SSSR count). The van der Waals surface area contributed by atoms with Crippen LogP contribution >= 0.6 is 0 Å². The van der Waals surface area contributed by atoms with Gasteiger partial charge in [-0.3, -0.25) is 4.98 Å². The molecular weight excluding hydrogens is 256 g/mol. The number of rotatable bonds is 5. The molecule has 1 saturated carbocycles. The van der Waals surface area contributed by atoms with Gasteiger partial charge in [-0.1, -0.05) is 51.0 Å². The first-order valence-electron chi connectivity index (χ1n) is 8.40. The Labute approximate surface area is 128 Å². The molecular formula is C19H26N2. The van der Waals surface area contributed by atoms with Gasteiger partial charge < -0.3 is 5.32 Å². The van der Waals surface area contributed by atoms with Gasteiger partial charge in [0.15, 0.2) is 0 Å². The molecule has 2 aromatic rings. The monoisotopic (exact) mass is 282 g/mol. The van der Waals surface area contributed by atoms with E-state index < -0.39 is 0 Å². The van der Waals surface area contributed by atoms with Crippen LogP contribution in [0.15, 0.2) is 36.5 Å². The van der Waals surface area contributed by atoms with Crippen LogP contribution in [0.5, 0.6) is 0 Å². The van der Waals surface area contributed by atoms with E-state index >= 15 is 0 Å². The first kappa shape index (κ1) is 14.5. The van der Waals surface area contributed by atoms with Crippen molar-refractivity contribution in [2.24, 2.45) is 11.8 Å². The highest BCUT2D eigenvalue weighted by atomic mass is 14.9. The van der Waals surface area contributed by atoms with E-state index in [2.05, 4.69) is 48.4 Å². The van der Waals surface area contributed by atoms with Gasteiger partial charge in [-0.15, -0.1) is 0 Å². The predicted octanol–water partition coefficient (Wildman–Crippen LogP) is 4.71. The molecule has 112 valence electrons. The van der Waals surface area contributed by atoms with Gasteiger partial charge in [0, 0.05) is 17.6 Å². The largest absolute Gasteiger partial charge is 0.310 e. The zero-order chi connectivity index (χ0) is 14.7. The van der Waals surface area contributed by atoms with Crippen molar-refractivity contribution in [2.45, 2.75) is 45.6 Å². The minimum Gasteiger partial charge on any atom is -0.310 e. The Morgan fingerprint density at radius 3 is 2.81 bits per heavy atom. The third kappa shape index (κ3) is 2.96. The molecule has 0 bridgehead atoms. The zero-order valence-corrected chi connectivity index (χ0v) is 13.2. The number of benzene rings is 1. The highest BCUT2D eigenvalue weighted by Crippen LogP contribution is 2.41. The summed E-state index contributed by atoms with van der Waals surface area (Å²) in [4.78, 5) is 4.65. The summed E-state index contributed by atoms with van der Waals surface area (Å²) in [6.45, 7) is 5.55. The van der Waals surface area contributed by atoms with Crippen LogP contribution in [-0.2, 0) is 0 Å². The van der Waals surface area contributed by atoms with Crippen molar-refractivity contribution in [1.82, 2.24) is 10.3 Å². The SMILES string of the molecule is CCNC(c1cccc2cccnc12)C1CCC(CC)C1. The number of nitrogens with zero attached hydrogens (tertiary/aromatic N) is 1. The summed E-state index contributed by atoms with van der Waals surface area (Å²) in [6, 6.07) is 11.2. The quantitative estimate of drug-likeness (QED) is 0.859. The maximum Gasteiger partial charge on any atom is 0.0749 e. The second-order valence-electron chi connectivity index (χ2n) is 6.31. The normalized spacial score (nSPS) is 23.5. The number of para-hydroxylation sites is 1. The molecule has 3 unspecified atom stereocenters. The molecule has 1 aliphatic rings. The minimum atomic E-state index is 0.449. The third-order valence-electron chi connectivity index (χ3n) is 5.05. The molecule has 1 aliphatic carbocycles. The van der Waals surface area contributed by atoms with Crippen LogP contribution in [0.25, 0.3) is 10.9 Å². The molecule has 0 amide bonds. The van der Waals surface area contributed by atoms with Gasteiger partial charge in [0.2, 0.25) is 0 Å². The van der Waals surface area contributed by atoms with Crippen LogP contribution in [0.1, 0.15) is 51.1 Å². The minimum absolute atomic E-state index is 0.449. The molecule has 1 N–H and O–H groups in total. The van der Waals surface area contributed by atoms with Crippen LogP contribution in [0, 0.1) is 11.8 Å². The van der Waals surface area contributed by atoms with Gasteiger partial charge in [0.05, 0.1) is 5.52 Å². The first-order valence-corrected chi connectivity index (χ1v) is 8.40. The topological polar surface area (TPSA) is 24.9 Å². The Kier molecular flexibility index (Phi) is 4.54. The van der Waals surface area contributed by atoms with E-state index in [4.69, 9.17) is 0 Å². The lowest BCUT2D eigenvalue weighted by Gasteiger charge is -2.26. The highest BCUT2D eigenvalue weighted by Gasteiger charge is 2.31. The van der Waals surface area contributed by atoms with Gasteiger partial charge in [0.25, 0.3) is 0 Å². The summed E-state index contributed by atoms with van der Waals surface area (Å²) >= 11 is 0.